The molecule has 1 amide bonds. The number of nitrogens with one attached hydrogen (secondary N) is 1. The van der Waals surface area contributed by atoms with Gasteiger partial charge in [0, 0.05) is 22.0 Å². The number of anilines is 1. The maximum absolute atomic E-state index is 12.5. The van der Waals surface area contributed by atoms with Crippen LogP contribution in [0.4, 0.5) is 5.69 Å². The lowest BCUT2D eigenvalue weighted by Crippen LogP contribution is -2.15. The first kappa shape index (κ1) is 21.9. The Bertz CT molecular complexity index is 1190. The highest BCUT2D eigenvalue weighted by Gasteiger charge is 2.17. The van der Waals surface area contributed by atoms with Gasteiger partial charge in [-0.2, -0.15) is 0 Å². The van der Waals surface area contributed by atoms with Crippen molar-refractivity contribution in [3.63, 3.8) is 0 Å². The van der Waals surface area contributed by atoms with Crippen LogP contribution in [0.5, 0.6) is 0 Å². The van der Waals surface area contributed by atoms with Gasteiger partial charge in [-0.1, -0.05) is 58.7 Å². The number of thiophene rings is 1. The van der Waals surface area contributed by atoms with E-state index in [0.717, 1.165) is 11.5 Å². The standard InChI is InChI=1S/C22H18Cl2N4OS2/c1-14-4-7-16(8-5-14)28-20(12-17-3-2-10-30-17)26-27-22(28)31-13-21(29)25-19-11-15(23)6-9-18(19)24/h2-11H,12-13H2,1H3,(H,25,29). The first-order valence-electron chi connectivity index (χ1n) is 9.41. The number of carbonyl (C=O) groups excluding carboxylic acids is 1. The van der Waals surface area contributed by atoms with Crippen LogP contribution < -0.4 is 5.32 Å². The summed E-state index contributed by atoms with van der Waals surface area (Å²) in [6.45, 7) is 2.05. The lowest BCUT2D eigenvalue weighted by atomic mass is 10.2. The zero-order valence-electron chi connectivity index (χ0n) is 16.5. The fraction of sp³-hybridized carbons (Fsp3) is 0.136. The average molecular weight is 489 g/mol. The second-order valence-electron chi connectivity index (χ2n) is 6.79. The maximum Gasteiger partial charge on any atom is 0.234 e. The van der Waals surface area contributed by atoms with E-state index in [1.165, 1.54) is 22.2 Å². The molecular weight excluding hydrogens is 471 g/mol. The molecule has 158 valence electrons. The van der Waals surface area contributed by atoms with E-state index in [-0.39, 0.29) is 11.7 Å². The summed E-state index contributed by atoms with van der Waals surface area (Å²) in [5.41, 5.74) is 2.62. The second-order valence-corrected chi connectivity index (χ2v) is 9.61. The van der Waals surface area contributed by atoms with Gasteiger partial charge in [-0.05, 0) is 48.7 Å². The molecule has 2 aromatic heterocycles. The van der Waals surface area contributed by atoms with Gasteiger partial charge in [0.2, 0.25) is 5.91 Å². The van der Waals surface area contributed by atoms with Crippen LogP contribution in [0.15, 0.2) is 65.1 Å². The number of carbonyl (C=O) groups is 1. The van der Waals surface area contributed by atoms with Gasteiger partial charge in [-0.3, -0.25) is 9.36 Å². The summed E-state index contributed by atoms with van der Waals surface area (Å²) in [7, 11) is 0. The van der Waals surface area contributed by atoms with Crippen molar-refractivity contribution in [1.29, 1.82) is 0 Å². The second kappa shape index (κ2) is 9.87. The number of thioether (sulfide) groups is 1. The van der Waals surface area contributed by atoms with Crippen molar-refractivity contribution in [3.05, 3.63) is 86.3 Å². The van der Waals surface area contributed by atoms with E-state index in [4.69, 9.17) is 23.2 Å². The molecule has 0 aliphatic rings. The zero-order valence-corrected chi connectivity index (χ0v) is 19.7. The van der Waals surface area contributed by atoms with E-state index in [0.29, 0.717) is 27.3 Å². The van der Waals surface area contributed by atoms with Crippen LogP contribution in [0.1, 0.15) is 16.3 Å². The fourth-order valence-corrected chi connectivity index (χ4v) is 4.75. The van der Waals surface area contributed by atoms with E-state index in [1.54, 1.807) is 29.5 Å². The average Bonchev–Trinajstić information content (AvgIpc) is 3.40. The molecule has 31 heavy (non-hydrogen) atoms. The van der Waals surface area contributed by atoms with E-state index in [2.05, 4.69) is 21.6 Å². The molecule has 2 aromatic carbocycles. The summed E-state index contributed by atoms with van der Waals surface area (Å²) in [6, 6.07) is 17.2. The van der Waals surface area contributed by atoms with Gasteiger partial charge in [0.1, 0.15) is 5.82 Å². The molecule has 9 heteroatoms. The van der Waals surface area contributed by atoms with Gasteiger partial charge in [-0.25, -0.2) is 0 Å². The van der Waals surface area contributed by atoms with Gasteiger partial charge in [0.15, 0.2) is 5.16 Å². The molecule has 0 radical (unpaired) electrons. The summed E-state index contributed by atoms with van der Waals surface area (Å²) in [5.74, 6) is 0.783. The Morgan fingerprint density at radius 1 is 1.13 bits per heavy atom. The highest BCUT2D eigenvalue weighted by atomic mass is 35.5. The fourth-order valence-electron chi connectivity index (χ4n) is 2.94. The molecule has 0 aliphatic heterocycles. The van der Waals surface area contributed by atoms with E-state index >= 15 is 0 Å². The number of hydrogen-bond acceptors (Lipinski definition) is 5. The Kier molecular flexibility index (Phi) is 6.97. The lowest BCUT2D eigenvalue weighted by molar-refractivity contribution is -0.113. The van der Waals surface area contributed by atoms with E-state index in [1.807, 2.05) is 47.2 Å². The van der Waals surface area contributed by atoms with Crippen LogP contribution >= 0.6 is 46.3 Å². The Balaban J connectivity index is 1.54. The normalized spacial score (nSPS) is 10.9. The van der Waals surface area contributed by atoms with Crippen LogP contribution in [0.3, 0.4) is 0 Å². The number of aryl methyl sites for hydroxylation is 1. The quantitative estimate of drug-likeness (QED) is 0.311. The first-order valence-corrected chi connectivity index (χ1v) is 12.0. The van der Waals surface area contributed by atoms with Crippen molar-refractivity contribution >= 4 is 57.9 Å². The third kappa shape index (κ3) is 5.49. The summed E-state index contributed by atoms with van der Waals surface area (Å²) < 4.78 is 2.00. The van der Waals surface area contributed by atoms with Gasteiger partial charge in [0.05, 0.1) is 16.5 Å². The number of benzene rings is 2. The van der Waals surface area contributed by atoms with Gasteiger partial charge in [0.25, 0.3) is 0 Å². The number of nitrogens with zero attached hydrogens (tertiary/aromatic N) is 3. The van der Waals surface area contributed by atoms with Crippen LogP contribution in [0.25, 0.3) is 5.69 Å². The molecule has 4 aromatic rings. The molecule has 0 fully saturated rings. The maximum atomic E-state index is 12.5. The van der Waals surface area contributed by atoms with E-state index < -0.39 is 0 Å². The number of rotatable bonds is 7. The third-order valence-electron chi connectivity index (χ3n) is 4.44. The highest BCUT2D eigenvalue weighted by molar-refractivity contribution is 7.99. The van der Waals surface area contributed by atoms with Gasteiger partial charge in [-0.15, -0.1) is 21.5 Å². The number of hydrogen-bond donors (Lipinski definition) is 1. The smallest absolute Gasteiger partial charge is 0.234 e. The minimum absolute atomic E-state index is 0.159. The summed E-state index contributed by atoms with van der Waals surface area (Å²) in [4.78, 5) is 13.7. The Labute approximate surface area is 198 Å². The number of halogens is 2. The van der Waals surface area contributed by atoms with Gasteiger partial charge >= 0.3 is 0 Å². The lowest BCUT2D eigenvalue weighted by Gasteiger charge is -2.11. The highest BCUT2D eigenvalue weighted by Crippen LogP contribution is 2.27. The predicted molar refractivity (Wildman–Crippen MR) is 129 cm³/mol. The third-order valence-corrected chi connectivity index (χ3v) is 6.81. The molecule has 5 nitrogen and oxygen atoms in total. The number of aromatic nitrogens is 3. The monoisotopic (exact) mass is 488 g/mol. The van der Waals surface area contributed by atoms with Crippen molar-refractivity contribution in [2.24, 2.45) is 0 Å². The molecule has 4 rings (SSSR count). The number of amides is 1. The molecule has 2 heterocycles. The largest absolute Gasteiger partial charge is 0.324 e. The summed E-state index contributed by atoms with van der Waals surface area (Å²) >= 11 is 15.1. The first-order chi connectivity index (χ1) is 15.0. The molecule has 0 aliphatic carbocycles. The van der Waals surface area contributed by atoms with Crippen molar-refractivity contribution in [3.8, 4) is 5.69 Å². The topological polar surface area (TPSA) is 59.8 Å². The van der Waals surface area contributed by atoms with Crippen LogP contribution in [0, 0.1) is 6.92 Å². The molecule has 0 bridgehead atoms. The van der Waals surface area contributed by atoms with Crippen LogP contribution in [0.2, 0.25) is 10.0 Å². The zero-order chi connectivity index (χ0) is 21.8. The minimum Gasteiger partial charge on any atom is -0.324 e. The molecule has 0 atom stereocenters. The van der Waals surface area contributed by atoms with E-state index in [9.17, 15) is 4.79 Å². The van der Waals surface area contributed by atoms with Crippen molar-refractivity contribution in [2.75, 3.05) is 11.1 Å². The van der Waals surface area contributed by atoms with Crippen molar-refractivity contribution < 1.29 is 4.79 Å². The van der Waals surface area contributed by atoms with Crippen molar-refractivity contribution in [1.82, 2.24) is 14.8 Å². The molecule has 0 unspecified atom stereocenters. The molecule has 0 saturated heterocycles. The Hall–Kier alpha value is -2.32. The predicted octanol–water partition coefficient (Wildman–Crippen LogP) is 6.27. The molecule has 0 saturated carbocycles. The SMILES string of the molecule is Cc1ccc(-n2c(Cc3cccs3)nnc2SCC(=O)Nc2cc(Cl)ccc2Cl)cc1. The Morgan fingerprint density at radius 2 is 1.94 bits per heavy atom. The molecule has 0 spiro atoms. The van der Waals surface area contributed by atoms with Crippen molar-refractivity contribution in [2.45, 2.75) is 18.5 Å². The minimum atomic E-state index is -0.201. The summed E-state index contributed by atoms with van der Waals surface area (Å²) in [6.07, 6.45) is 0.670. The molecular formula is C22H18Cl2N4OS2. The van der Waals surface area contributed by atoms with Gasteiger partial charge < -0.3 is 5.32 Å². The summed E-state index contributed by atoms with van der Waals surface area (Å²) in [5, 5.41) is 15.2. The molecule has 1 N–H and O–H groups in total. The van der Waals surface area contributed by atoms with Crippen LogP contribution in [-0.2, 0) is 11.2 Å². The Morgan fingerprint density at radius 3 is 2.68 bits per heavy atom. The van der Waals surface area contributed by atoms with Crippen LogP contribution in [-0.4, -0.2) is 26.4 Å².